The Morgan fingerprint density at radius 1 is 1.53 bits per heavy atom. The molecule has 1 rings (SSSR count). The number of hydrogen-bond donors (Lipinski definition) is 2. The molecule has 0 radical (unpaired) electrons. The molecule has 4 nitrogen and oxygen atoms in total. The number of ether oxygens (including phenoxy) is 1. The first-order chi connectivity index (χ1) is 8.11. The van der Waals surface area contributed by atoms with Crippen molar-refractivity contribution in [3.8, 4) is 5.75 Å². The number of rotatable bonds is 6. The van der Waals surface area contributed by atoms with Gasteiger partial charge in [-0.05, 0) is 24.1 Å². The summed E-state index contributed by atoms with van der Waals surface area (Å²) in [6.07, 6.45) is 0.935. The number of nitrogens with two attached hydrogens (primary N) is 1. The van der Waals surface area contributed by atoms with Gasteiger partial charge in [0.1, 0.15) is 5.75 Å². The number of benzene rings is 1. The Labute approximate surface area is 106 Å². The Balaban J connectivity index is 2.39. The maximum atomic E-state index is 11.3. The highest BCUT2D eigenvalue weighted by Crippen LogP contribution is 2.13. The van der Waals surface area contributed by atoms with Gasteiger partial charge in [0.05, 0.1) is 11.5 Å². The smallest absolute Gasteiger partial charge is 0.258 e. The third-order valence-electron chi connectivity index (χ3n) is 2.14. The fourth-order valence-electron chi connectivity index (χ4n) is 1.24. The molecule has 3 N–H and O–H groups in total. The lowest BCUT2D eigenvalue weighted by Crippen LogP contribution is -2.35. The van der Waals surface area contributed by atoms with Crippen LogP contribution in [0.1, 0.15) is 12.5 Å². The first kappa shape index (κ1) is 13.4. The molecule has 0 unspecified atom stereocenters. The van der Waals surface area contributed by atoms with E-state index in [4.69, 9.17) is 10.5 Å². The minimum atomic E-state index is -0.236. The van der Waals surface area contributed by atoms with Crippen LogP contribution >= 0.6 is 12.2 Å². The van der Waals surface area contributed by atoms with E-state index in [1.807, 2.05) is 24.3 Å². The summed E-state index contributed by atoms with van der Waals surface area (Å²) in [6.45, 7) is 2.23. The van der Waals surface area contributed by atoms with Crippen molar-refractivity contribution in [3.05, 3.63) is 29.8 Å². The van der Waals surface area contributed by atoms with E-state index in [0.717, 1.165) is 6.42 Å². The molecule has 1 aromatic rings. The maximum absolute atomic E-state index is 11.3. The molecule has 0 heterocycles. The van der Waals surface area contributed by atoms with Crippen LogP contribution in [0.4, 0.5) is 0 Å². The normalized spacial score (nSPS) is 9.71. The molecule has 0 aliphatic carbocycles. The molecule has 0 bridgehead atoms. The summed E-state index contributed by atoms with van der Waals surface area (Å²) in [7, 11) is 0. The number of thiocarbonyl (C=S) groups is 1. The summed E-state index contributed by atoms with van der Waals surface area (Å²) in [5, 5.41) is 2.55. The summed E-state index contributed by atoms with van der Waals surface area (Å²) >= 11 is 4.65. The van der Waals surface area contributed by atoms with Gasteiger partial charge in [0.25, 0.3) is 5.91 Å². The molecule has 0 spiro atoms. The van der Waals surface area contributed by atoms with Gasteiger partial charge in [-0.1, -0.05) is 31.3 Å². The van der Waals surface area contributed by atoms with Crippen molar-refractivity contribution >= 4 is 23.1 Å². The van der Waals surface area contributed by atoms with Crippen LogP contribution in [0.15, 0.2) is 24.3 Å². The third-order valence-corrected chi connectivity index (χ3v) is 2.28. The van der Waals surface area contributed by atoms with Gasteiger partial charge in [-0.25, -0.2) is 0 Å². The number of amides is 1. The van der Waals surface area contributed by atoms with Crippen molar-refractivity contribution in [1.29, 1.82) is 0 Å². The predicted molar refractivity (Wildman–Crippen MR) is 71.1 cm³/mol. The van der Waals surface area contributed by atoms with Crippen molar-refractivity contribution in [2.45, 2.75) is 13.3 Å². The van der Waals surface area contributed by atoms with Crippen LogP contribution in [0, 0.1) is 0 Å². The summed E-state index contributed by atoms with van der Waals surface area (Å²) in [5.74, 6) is 0.453. The fraction of sp³-hybridized carbons (Fsp3) is 0.333. The summed E-state index contributed by atoms with van der Waals surface area (Å²) in [5.41, 5.74) is 6.43. The monoisotopic (exact) mass is 252 g/mol. The van der Waals surface area contributed by atoms with Crippen molar-refractivity contribution < 1.29 is 9.53 Å². The highest BCUT2D eigenvalue weighted by molar-refractivity contribution is 7.80. The molecule has 0 aliphatic heterocycles. The summed E-state index contributed by atoms with van der Waals surface area (Å²) in [4.78, 5) is 11.6. The average Bonchev–Trinajstić information content (AvgIpc) is 2.34. The molecule has 0 aliphatic rings. The second-order valence-corrected chi connectivity index (χ2v) is 4.06. The van der Waals surface area contributed by atoms with Gasteiger partial charge in [-0.15, -0.1) is 0 Å². The van der Waals surface area contributed by atoms with Crippen molar-refractivity contribution in [1.82, 2.24) is 5.32 Å². The number of nitrogens with one attached hydrogen (secondary N) is 1. The van der Waals surface area contributed by atoms with Crippen LogP contribution in [-0.4, -0.2) is 24.0 Å². The quantitative estimate of drug-likeness (QED) is 0.742. The SMILES string of the molecule is CCc1cccc(OCC(=O)NCC(N)=S)c1. The van der Waals surface area contributed by atoms with Gasteiger partial charge in [-0.2, -0.15) is 0 Å². The van der Waals surface area contributed by atoms with E-state index < -0.39 is 0 Å². The van der Waals surface area contributed by atoms with E-state index in [0.29, 0.717) is 5.75 Å². The van der Waals surface area contributed by atoms with Crippen LogP contribution in [0.3, 0.4) is 0 Å². The molecule has 92 valence electrons. The molecular formula is C12H16N2O2S. The van der Waals surface area contributed by atoms with Crippen LogP contribution in [0.25, 0.3) is 0 Å². The largest absolute Gasteiger partial charge is 0.484 e. The Hall–Kier alpha value is -1.62. The average molecular weight is 252 g/mol. The van der Waals surface area contributed by atoms with Gasteiger partial charge < -0.3 is 15.8 Å². The molecule has 5 heteroatoms. The van der Waals surface area contributed by atoms with Crippen molar-refractivity contribution in [2.75, 3.05) is 13.2 Å². The number of carbonyl (C=O) groups excluding carboxylic acids is 1. The van der Waals surface area contributed by atoms with E-state index >= 15 is 0 Å². The molecular weight excluding hydrogens is 236 g/mol. The minimum absolute atomic E-state index is 0.0320. The van der Waals surface area contributed by atoms with E-state index in [9.17, 15) is 4.79 Å². The van der Waals surface area contributed by atoms with E-state index in [1.165, 1.54) is 5.56 Å². The van der Waals surface area contributed by atoms with Crippen LogP contribution in [0.2, 0.25) is 0 Å². The zero-order valence-corrected chi connectivity index (χ0v) is 10.5. The van der Waals surface area contributed by atoms with Crippen LogP contribution < -0.4 is 15.8 Å². The second-order valence-electron chi connectivity index (χ2n) is 3.53. The van der Waals surface area contributed by atoms with Gasteiger partial charge in [0.2, 0.25) is 0 Å². The molecule has 17 heavy (non-hydrogen) atoms. The number of carbonyl (C=O) groups is 1. The van der Waals surface area contributed by atoms with Gasteiger partial charge >= 0.3 is 0 Å². The highest BCUT2D eigenvalue weighted by Gasteiger charge is 2.03. The van der Waals surface area contributed by atoms with Crippen LogP contribution in [-0.2, 0) is 11.2 Å². The Kier molecular flexibility index (Phi) is 5.42. The minimum Gasteiger partial charge on any atom is -0.484 e. The summed E-state index contributed by atoms with van der Waals surface area (Å²) in [6, 6.07) is 7.65. The predicted octanol–water partition coefficient (Wildman–Crippen LogP) is 1.03. The standard InChI is InChI=1S/C12H16N2O2S/c1-2-9-4-3-5-10(6-9)16-8-12(15)14-7-11(13)17/h3-6H,2,7-8H2,1H3,(H2,13,17)(H,14,15). The number of aryl methyl sites for hydroxylation is 1. The van der Waals surface area contributed by atoms with Gasteiger partial charge in [0, 0.05) is 0 Å². The van der Waals surface area contributed by atoms with Crippen molar-refractivity contribution in [3.63, 3.8) is 0 Å². The lowest BCUT2D eigenvalue weighted by molar-refractivity contribution is -0.122. The lowest BCUT2D eigenvalue weighted by Gasteiger charge is -2.07. The summed E-state index contributed by atoms with van der Waals surface area (Å²) < 4.78 is 5.35. The van der Waals surface area contributed by atoms with E-state index in [-0.39, 0.29) is 24.0 Å². The first-order valence-electron chi connectivity index (χ1n) is 5.38. The maximum Gasteiger partial charge on any atom is 0.258 e. The van der Waals surface area contributed by atoms with Gasteiger partial charge in [0.15, 0.2) is 6.61 Å². The third kappa shape index (κ3) is 5.31. The zero-order valence-electron chi connectivity index (χ0n) is 9.73. The number of hydrogen-bond acceptors (Lipinski definition) is 3. The molecule has 0 saturated heterocycles. The zero-order chi connectivity index (χ0) is 12.7. The molecule has 0 saturated carbocycles. The van der Waals surface area contributed by atoms with E-state index in [2.05, 4.69) is 24.5 Å². The Bertz CT molecular complexity index is 407. The van der Waals surface area contributed by atoms with Gasteiger partial charge in [-0.3, -0.25) is 4.79 Å². The molecule has 0 fully saturated rings. The highest BCUT2D eigenvalue weighted by atomic mass is 32.1. The fourth-order valence-corrected chi connectivity index (χ4v) is 1.31. The molecule has 0 atom stereocenters. The second kappa shape index (κ2) is 6.85. The van der Waals surface area contributed by atoms with Crippen molar-refractivity contribution in [2.24, 2.45) is 5.73 Å². The van der Waals surface area contributed by atoms with Crippen LogP contribution in [0.5, 0.6) is 5.75 Å². The first-order valence-corrected chi connectivity index (χ1v) is 5.79. The lowest BCUT2D eigenvalue weighted by atomic mass is 10.2. The Morgan fingerprint density at radius 2 is 2.29 bits per heavy atom. The Morgan fingerprint density at radius 3 is 2.94 bits per heavy atom. The molecule has 1 aromatic carbocycles. The molecule has 1 amide bonds. The van der Waals surface area contributed by atoms with E-state index in [1.54, 1.807) is 0 Å². The molecule has 0 aromatic heterocycles. The topological polar surface area (TPSA) is 64.3 Å².